The molecule has 1 fully saturated rings. The molecule has 6 heteroatoms. The summed E-state index contributed by atoms with van der Waals surface area (Å²) in [5.41, 5.74) is -0.717. The number of carbonyl (C=O) groups is 1. The third-order valence-electron chi connectivity index (χ3n) is 3.27. The minimum Gasteiger partial charge on any atom is -0.480 e. The van der Waals surface area contributed by atoms with Gasteiger partial charge in [-0.25, -0.2) is 4.98 Å². The number of nitrogens with zero attached hydrogens (tertiary/aromatic N) is 1. The van der Waals surface area contributed by atoms with Gasteiger partial charge in [0.1, 0.15) is 9.88 Å². The molecule has 1 aromatic heterocycles. The van der Waals surface area contributed by atoms with E-state index in [0.717, 1.165) is 23.7 Å². The third kappa shape index (κ3) is 3.05. The van der Waals surface area contributed by atoms with Crippen molar-refractivity contribution in [1.82, 2.24) is 10.3 Å². The van der Waals surface area contributed by atoms with Gasteiger partial charge in [-0.15, -0.1) is 11.3 Å². The van der Waals surface area contributed by atoms with Crippen molar-refractivity contribution in [2.24, 2.45) is 0 Å². The maximum atomic E-state index is 11.5. The van der Waals surface area contributed by atoms with E-state index in [1.54, 1.807) is 29.3 Å². The first kappa shape index (κ1) is 13.8. The van der Waals surface area contributed by atoms with Crippen LogP contribution in [-0.4, -0.2) is 33.4 Å². The smallest absolute Gasteiger partial charge is 0.323 e. The van der Waals surface area contributed by atoms with E-state index < -0.39 is 11.5 Å². The molecule has 2 atom stereocenters. The van der Waals surface area contributed by atoms with Crippen molar-refractivity contribution in [1.29, 1.82) is 0 Å². The second kappa shape index (κ2) is 6.04. The number of hydrogen-bond donors (Lipinski definition) is 2. The van der Waals surface area contributed by atoms with Crippen molar-refractivity contribution in [2.75, 3.05) is 6.54 Å². The number of thioether (sulfide) groups is 1. The predicted molar refractivity (Wildman–Crippen MR) is 74.3 cm³/mol. The Morgan fingerprint density at radius 3 is 3.22 bits per heavy atom. The van der Waals surface area contributed by atoms with Crippen LogP contribution in [0.4, 0.5) is 0 Å². The van der Waals surface area contributed by atoms with Gasteiger partial charge in [-0.05, 0) is 32.2 Å². The van der Waals surface area contributed by atoms with Crippen LogP contribution < -0.4 is 5.32 Å². The van der Waals surface area contributed by atoms with E-state index >= 15 is 0 Å². The molecular weight excluding hydrogens is 268 g/mol. The summed E-state index contributed by atoms with van der Waals surface area (Å²) in [6, 6.07) is 0. The predicted octanol–water partition coefficient (Wildman–Crippen LogP) is 2.61. The van der Waals surface area contributed by atoms with Crippen LogP contribution in [0.3, 0.4) is 0 Å². The highest BCUT2D eigenvalue weighted by atomic mass is 32.2. The molecule has 2 unspecified atom stereocenters. The molecule has 0 spiro atoms. The van der Waals surface area contributed by atoms with E-state index in [1.165, 1.54) is 0 Å². The lowest BCUT2D eigenvalue weighted by Crippen LogP contribution is -2.50. The highest BCUT2D eigenvalue weighted by molar-refractivity contribution is 8.01. The number of rotatable bonds is 6. The third-order valence-corrected chi connectivity index (χ3v) is 5.45. The van der Waals surface area contributed by atoms with E-state index in [2.05, 4.69) is 17.2 Å². The lowest BCUT2D eigenvalue weighted by Gasteiger charge is -2.25. The van der Waals surface area contributed by atoms with Crippen molar-refractivity contribution in [3.8, 4) is 0 Å². The Kier molecular flexibility index (Phi) is 4.64. The van der Waals surface area contributed by atoms with Crippen molar-refractivity contribution in [3.05, 3.63) is 11.6 Å². The molecule has 1 aliphatic rings. The Morgan fingerprint density at radius 2 is 2.61 bits per heavy atom. The van der Waals surface area contributed by atoms with Crippen molar-refractivity contribution in [3.63, 3.8) is 0 Å². The molecule has 0 aromatic carbocycles. The van der Waals surface area contributed by atoms with Gasteiger partial charge in [-0.2, -0.15) is 0 Å². The molecule has 1 aromatic rings. The molecule has 18 heavy (non-hydrogen) atoms. The zero-order valence-electron chi connectivity index (χ0n) is 10.4. The summed E-state index contributed by atoms with van der Waals surface area (Å²) in [5.74, 6) is -0.710. The normalized spacial score (nSPS) is 27.5. The summed E-state index contributed by atoms with van der Waals surface area (Å²) in [7, 11) is 0. The van der Waals surface area contributed by atoms with Crippen molar-refractivity contribution >= 4 is 29.1 Å². The average molecular weight is 286 g/mol. The molecule has 1 aliphatic carbocycles. The highest BCUT2D eigenvalue weighted by Gasteiger charge is 2.45. The lowest BCUT2D eigenvalue weighted by atomic mass is 9.98. The van der Waals surface area contributed by atoms with E-state index in [-0.39, 0.29) is 0 Å². The number of aliphatic carboxylic acids is 1. The summed E-state index contributed by atoms with van der Waals surface area (Å²) in [5, 5.41) is 15.0. The monoisotopic (exact) mass is 286 g/mol. The van der Waals surface area contributed by atoms with Crippen LogP contribution in [0.2, 0.25) is 0 Å². The summed E-state index contributed by atoms with van der Waals surface area (Å²) in [6.07, 6.45) is 5.09. The first-order chi connectivity index (χ1) is 8.66. The standard InChI is InChI=1S/C12H18N2O2S2/c1-2-5-14-12(10(15)16)4-3-9(8-12)18-11-13-6-7-17-11/h6-7,9,14H,2-5,8H2,1H3,(H,15,16). The maximum Gasteiger partial charge on any atom is 0.323 e. The molecule has 100 valence electrons. The molecule has 0 amide bonds. The molecular formula is C12H18N2O2S2. The number of hydrogen-bond acceptors (Lipinski definition) is 5. The first-order valence-corrected chi connectivity index (χ1v) is 7.97. The second-order valence-electron chi connectivity index (χ2n) is 4.59. The number of carboxylic acids is 1. The quantitative estimate of drug-likeness (QED) is 0.841. The fourth-order valence-corrected chi connectivity index (χ4v) is 4.47. The van der Waals surface area contributed by atoms with E-state index in [0.29, 0.717) is 18.1 Å². The van der Waals surface area contributed by atoms with Gasteiger partial charge in [0.2, 0.25) is 0 Å². The van der Waals surface area contributed by atoms with Crippen LogP contribution in [0.25, 0.3) is 0 Å². The Morgan fingerprint density at radius 1 is 1.78 bits per heavy atom. The van der Waals surface area contributed by atoms with Crippen LogP contribution in [-0.2, 0) is 4.79 Å². The summed E-state index contributed by atoms with van der Waals surface area (Å²) >= 11 is 3.34. The van der Waals surface area contributed by atoms with Gasteiger partial charge in [0.15, 0.2) is 0 Å². The fourth-order valence-electron chi connectivity index (χ4n) is 2.31. The molecule has 1 heterocycles. The van der Waals surface area contributed by atoms with E-state index in [4.69, 9.17) is 0 Å². The molecule has 0 bridgehead atoms. The van der Waals surface area contributed by atoms with Gasteiger partial charge in [0.05, 0.1) is 0 Å². The van der Waals surface area contributed by atoms with Crippen LogP contribution in [0.1, 0.15) is 32.6 Å². The van der Waals surface area contributed by atoms with Crippen LogP contribution >= 0.6 is 23.1 Å². The number of carboxylic acid groups (broad SMARTS) is 1. The Hall–Kier alpha value is -0.590. The molecule has 2 N–H and O–H groups in total. The largest absolute Gasteiger partial charge is 0.480 e. The Balaban J connectivity index is 1.97. The van der Waals surface area contributed by atoms with Crippen LogP contribution in [0, 0.1) is 0 Å². The zero-order chi connectivity index (χ0) is 13.0. The first-order valence-electron chi connectivity index (χ1n) is 6.21. The van der Waals surface area contributed by atoms with Crippen molar-refractivity contribution in [2.45, 2.75) is 47.7 Å². The fraction of sp³-hybridized carbons (Fsp3) is 0.667. The molecule has 0 radical (unpaired) electrons. The summed E-state index contributed by atoms with van der Waals surface area (Å²) in [6.45, 7) is 2.82. The van der Waals surface area contributed by atoms with E-state index in [9.17, 15) is 9.90 Å². The maximum absolute atomic E-state index is 11.5. The molecule has 1 saturated carbocycles. The van der Waals surface area contributed by atoms with Gasteiger partial charge in [0, 0.05) is 16.8 Å². The van der Waals surface area contributed by atoms with Gasteiger partial charge >= 0.3 is 5.97 Å². The molecule has 0 aliphatic heterocycles. The number of aromatic nitrogens is 1. The molecule has 4 nitrogen and oxygen atoms in total. The Labute approximate surface area is 115 Å². The van der Waals surface area contributed by atoms with Crippen LogP contribution in [0.15, 0.2) is 15.9 Å². The minimum atomic E-state index is -0.717. The van der Waals surface area contributed by atoms with Crippen molar-refractivity contribution < 1.29 is 9.90 Å². The average Bonchev–Trinajstić information content (AvgIpc) is 2.97. The zero-order valence-corrected chi connectivity index (χ0v) is 12.0. The number of thiazole rings is 1. The highest BCUT2D eigenvalue weighted by Crippen LogP contribution is 2.40. The number of nitrogens with one attached hydrogen (secondary N) is 1. The van der Waals surface area contributed by atoms with E-state index in [1.807, 2.05) is 5.38 Å². The van der Waals surface area contributed by atoms with Crippen LogP contribution in [0.5, 0.6) is 0 Å². The molecule has 2 rings (SSSR count). The summed E-state index contributed by atoms with van der Waals surface area (Å²) < 4.78 is 1.04. The summed E-state index contributed by atoms with van der Waals surface area (Å²) in [4.78, 5) is 15.7. The minimum absolute atomic E-state index is 0.358. The van der Waals surface area contributed by atoms with Gasteiger partial charge in [0.25, 0.3) is 0 Å². The second-order valence-corrected chi connectivity index (χ2v) is 7.04. The van der Waals surface area contributed by atoms with Gasteiger partial charge < -0.3 is 10.4 Å². The Bertz CT molecular complexity index is 397. The SMILES string of the molecule is CCCNC1(C(=O)O)CCC(Sc2nccs2)C1. The van der Waals surface area contributed by atoms with Gasteiger partial charge in [-0.1, -0.05) is 18.7 Å². The van der Waals surface area contributed by atoms with Gasteiger partial charge in [-0.3, -0.25) is 4.79 Å². The lowest BCUT2D eigenvalue weighted by molar-refractivity contribution is -0.144. The molecule has 0 saturated heterocycles. The topological polar surface area (TPSA) is 62.2 Å².